The number of rotatable bonds is 12. The van der Waals surface area contributed by atoms with Gasteiger partial charge in [0.2, 0.25) is 0 Å². The van der Waals surface area contributed by atoms with E-state index < -0.39 is 5.97 Å². The maximum absolute atomic E-state index is 11.8. The van der Waals surface area contributed by atoms with Crippen LogP contribution in [-0.4, -0.2) is 35.0 Å². The van der Waals surface area contributed by atoms with Gasteiger partial charge in [0.15, 0.2) is 5.12 Å². The summed E-state index contributed by atoms with van der Waals surface area (Å²) in [4.78, 5) is 46.1. The molecule has 0 aromatic rings. The highest BCUT2D eigenvalue weighted by atomic mass is 32.2. The summed E-state index contributed by atoms with van der Waals surface area (Å²) in [5.74, 6) is -0.334. The molecule has 0 aliphatic heterocycles. The van der Waals surface area contributed by atoms with E-state index in [9.17, 15) is 19.2 Å². The molecule has 6 heteroatoms. The summed E-state index contributed by atoms with van der Waals surface area (Å²) in [6.07, 6.45) is 3.55. The molecule has 1 atom stereocenters. The molecular formula is C17H28O5S. The average Bonchev–Trinajstić information content (AvgIpc) is 2.53. The van der Waals surface area contributed by atoms with Gasteiger partial charge in [-0.2, -0.15) is 0 Å². The number of esters is 1. The Kier molecular flexibility index (Phi) is 11.7. The molecule has 0 aliphatic carbocycles. The van der Waals surface area contributed by atoms with Gasteiger partial charge in [0.25, 0.3) is 0 Å². The van der Waals surface area contributed by atoms with Crippen molar-refractivity contribution < 1.29 is 23.9 Å². The molecule has 0 saturated carbocycles. The van der Waals surface area contributed by atoms with Crippen LogP contribution in [0.4, 0.5) is 0 Å². The Bertz CT molecular complexity index is 417. The highest BCUT2D eigenvalue weighted by Crippen LogP contribution is 2.12. The molecule has 0 aliphatic rings. The molecule has 0 bridgehead atoms. The minimum Gasteiger partial charge on any atom is -0.462 e. The molecule has 0 heterocycles. The number of carbonyl (C=O) groups excluding carboxylic acids is 4. The zero-order valence-electron chi connectivity index (χ0n) is 14.6. The van der Waals surface area contributed by atoms with Crippen LogP contribution in [-0.2, 0) is 23.9 Å². The first-order valence-corrected chi connectivity index (χ1v) is 9.33. The van der Waals surface area contributed by atoms with Crippen LogP contribution in [0.1, 0.15) is 65.7 Å². The largest absolute Gasteiger partial charge is 0.462 e. The maximum atomic E-state index is 11.8. The number of Topliss-reactive ketones (excluding diaryl/α,β-unsaturated/α-hetero) is 2. The monoisotopic (exact) mass is 344 g/mol. The molecule has 132 valence electrons. The van der Waals surface area contributed by atoms with Gasteiger partial charge in [-0.1, -0.05) is 32.5 Å². The van der Waals surface area contributed by atoms with Crippen molar-refractivity contribution in [3.8, 4) is 0 Å². The van der Waals surface area contributed by atoms with Crippen molar-refractivity contribution in [2.75, 3.05) is 6.26 Å². The van der Waals surface area contributed by atoms with Crippen LogP contribution in [0.25, 0.3) is 0 Å². The van der Waals surface area contributed by atoms with Crippen LogP contribution in [0.15, 0.2) is 0 Å². The second-order valence-electron chi connectivity index (χ2n) is 5.79. The van der Waals surface area contributed by atoms with Crippen molar-refractivity contribution in [3.05, 3.63) is 0 Å². The molecule has 0 fully saturated rings. The lowest BCUT2D eigenvalue weighted by Gasteiger charge is -2.15. The second kappa shape index (κ2) is 12.3. The molecule has 0 spiro atoms. The van der Waals surface area contributed by atoms with Gasteiger partial charge in [0.1, 0.15) is 17.7 Å². The first-order chi connectivity index (χ1) is 10.8. The van der Waals surface area contributed by atoms with E-state index in [2.05, 4.69) is 0 Å². The van der Waals surface area contributed by atoms with Crippen LogP contribution in [0, 0.1) is 5.92 Å². The third-order valence-corrected chi connectivity index (χ3v) is 4.21. The fourth-order valence-electron chi connectivity index (χ4n) is 1.90. The third-order valence-electron chi connectivity index (χ3n) is 3.55. The molecule has 0 saturated heterocycles. The lowest BCUT2D eigenvalue weighted by molar-refractivity contribution is -0.150. The van der Waals surface area contributed by atoms with Crippen molar-refractivity contribution in [2.24, 2.45) is 5.92 Å². The summed E-state index contributed by atoms with van der Waals surface area (Å²) >= 11 is 1.10. The Labute approximate surface area is 142 Å². The van der Waals surface area contributed by atoms with E-state index >= 15 is 0 Å². The van der Waals surface area contributed by atoms with Crippen LogP contribution >= 0.6 is 11.8 Å². The molecule has 0 rings (SSSR count). The molecule has 0 aromatic heterocycles. The average molecular weight is 344 g/mol. The molecule has 5 nitrogen and oxygen atoms in total. The number of hydrogen-bond donors (Lipinski definition) is 0. The van der Waals surface area contributed by atoms with E-state index in [0.29, 0.717) is 19.3 Å². The van der Waals surface area contributed by atoms with Crippen molar-refractivity contribution in [1.29, 1.82) is 0 Å². The Morgan fingerprint density at radius 3 is 2.13 bits per heavy atom. The number of thioether (sulfide) groups is 1. The molecule has 0 radical (unpaired) electrons. The van der Waals surface area contributed by atoms with E-state index in [0.717, 1.165) is 11.8 Å². The standard InChI is InChI=1S/C17H28O5S/c1-5-14(22-16(20)10-11-17(21)23-4)8-6-13(18)7-9-15(19)12(2)3/h12,14H,5-11H2,1-4H3. The topological polar surface area (TPSA) is 77.5 Å². The molecule has 1 unspecified atom stereocenters. The number of hydrogen-bond acceptors (Lipinski definition) is 6. The summed E-state index contributed by atoms with van der Waals surface area (Å²) in [6, 6.07) is 0. The van der Waals surface area contributed by atoms with Gasteiger partial charge in [0, 0.05) is 31.6 Å². The van der Waals surface area contributed by atoms with E-state index in [1.54, 1.807) is 6.26 Å². The van der Waals surface area contributed by atoms with Crippen LogP contribution in [0.3, 0.4) is 0 Å². The molecule has 0 aromatic carbocycles. The second-order valence-corrected chi connectivity index (χ2v) is 6.66. The Morgan fingerprint density at radius 1 is 0.957 bits per heavy atom. The lowest BCUT2D eigenvalue weighted by Crippen LogP contribution is -2.19. The van der Waals surface area contributed by atoms with E-state index in [1.807, 2.05) is 20.8 Å². The van der Waals surface area contributed by atoms with Crippen molar-refractivity contribution in [2.45, 2.75) is 71.8 Å². The van der Waals surface area contributed by atoms with Gasteiger partial charge in [-0.25, -0.2) is 0 Å². The van der Waals surface area contributed by atoms with Gasteiger partial charge in [0.05, 0.1) is 6.42 Å². The van der Waals surface area contributed by atoms with Gasteiger partial charge in [-0.05, 0) is 19.1 Å². The zero-order chi connectivity index (χ0) is 17.8. The lowest BCUT2D eigenvalue weighted by atomic mass is 10.0. The Balaban J connectivity index is 4.04. The SMILES string of the molecule is CCC(CCC(=O)CCC(=O)C(C)C)OC(=O)CCC(=O)SC. The van der Waals surface area contributed by atoms with Gasteiger partial charge in [-0.3, -0.25) is 19.2 Å². The van der Waals surface area contributed by atoms with Gasteiger partial charge in [-0.15, -0.1) is 0 Å². The van der Waals surface area contributed by atoms with E-state index in [1.165, 1.54) is 0 Å². The normalized spacial score (nSPS) is 12.0. The minimum atomic E-state index is -0.401. The summed E-state index contributed by atoms with van der Waals surface area (Å²) in [7, 11) is 0. The van der Waals surface area contributed by atoms with E-state index in [-0.39, 0.29) is 54.4 Å². The highest BCUT2D eigenvalue weighted by Gasteiger charge is 2.16. The zero-order valence-corrected chi connectivity index (χ0v) is 15.4. The quantitative estimate of drug-likeness (QED) is 0.505. The first kappa shape index (κ1) is 21.8. The fraction of sp³-hybridized carbons (Fsp3) is 0.765. The molecule has 0 N–H and O–H groups in total. The van der Waals surface area contributed by atoms with Crippen LogP contribution < -0.4 is 0 Å². The van der Waals surface area contributed by atoms with Crippen molar-refractivity contribution >= 4 is 34.4 Å². The third kappa shape index (κ3) is 11.1. The number of ether oxygens (including phenoxy) is 1. The van der Waals surface area contributed by atoms with Gasteiger partial charge >= 0.3 is 5.97 Å². The smallest absolute Gasteiger partial charge is 0.306 e. The van der Waals surface area contributed by atoms with Crippen LogP contribution in [0.5, 0.6) is 0 Å². The highest BCUT2D eigenvalue weighted by molar-refractivity contribution is 8.13. The minimum absolute atomic E-state index is 0.0195. The number of ketones is 2. The molecule has 0 amide bonds. The van der Waals surface area contributed by atoms with Crippen LogP contribution in [0.2, 0.25) is 0 Å². The number of carbonyl (C=O) groups is 4. The Morgan fingerprint density at radius 2 is 1.61 bits per heavy atom. The molecular weight excluding hydrogens is 316 g/mol. The maximum Gasteiger partial charge on any atom is 0.306 e. The first-order valence-electron chi connectivity index (χ1n) is 8.10. The Hall–Kier alpha value is -1.17. The van der Waals surface area contributed by atoms with Gasteiger partial charge < -0.3 is 4.74 Å². The van der Waals surface area contributed by atoms with Crippen molar-refractivity contribution in [3.63, 3.8) is 0 Å². The molecule has 23 heavy (non-hydrogen) atoms. The summed E-state index contributed by atoms with van der Waals surface area (Å²) in [5.41, 5.74) is 0. The predicted molar refractivity (Wildman–Crippen MR) is 91.2 cm³/mol. The summed E-state index contributed by atoms with van der Waals surface area (Å²) in [6.45, 7) is 5.53. The fourth-order valence-corrected chi connectivity index (χ4v) is 2.20. The van der Waals surface area contributed by atoms with Crippen molar-refractivity contribution in [1.82, 2.24) is 0 Å². The summed E-state index contributed by atoms with van der Waals surface area (Å²) < 4.78 is 5.29. The van der Waals surface area contributed by atoms with E-state index in [4.69, 9.17) is 4.74 Å². The predicted octanol–water partition coefficient (Wildman–Crippen LogP) is 3.33. The summed E-state index contributed by atoms with van der Waals surface area (Å²) in [5, 5.41) is -0.0417.